The molecular formula is C16H24N2O2S. The molecule has 4 nitrogen and oxygen atoms in total. The number of nitrogens with one attached hydrogen (secondary N) is 1. The van der Waals surface area contributed by atoms with Crippen LogP contribution in [0.5, 0.6) is 0 Å². The number of carbonyl (C=O) groups excluding carboxylic acids is 1. The van der Waals surface area contributed by atoms with Crippen LogP contribution in [0.2, 0.25) is 0 Å². The Hall–Kier alpha value is -1.04. The Bertz CT molecular complexity index is 492. The summed E-state index contributed by atoms with van der Waals surface area (Å²) in [5.74, 6) is 0.154. The van der Waals surface area contributed by atoms with Gasteiger partial charge in [-0.05, 0) is 37.3 Å². The van der Waals surface area contributed by atoms with Crippen LogP contribution < -0.4 is 5.32 Å². The van der Waals surface area contributed by atoms with Crippen LogP contribution in [0.15, 0.2) is 29.2 Å². The zero-order valence-electron chi connectivity index (χ0n) is 13.2. The fourth-order valence-corrected chi connectivity index (χ4v) is 3.01. The topological polar surface area (TPSA) is 41.6 Å². The number of methoxy groups -OCH3 is 1. The van der Waals surface area contributed by atoms with Crippen molar-refractivity contribution in [3.8, 4) is 0 Å². The quantitative estimate of drug-likeness (QED) is 0.820. The number of hydrogen-bond acceptors (Lipinski definition) is 4. The van der Waals surface area contributed by atoms with Gasteiger partial charge in [0.05, 0.1) is 12.1 Å². The van der Waals surface area contributed by atoms with Crippen molar-refractivity contribution < 1.29 is 9.53 Å². The molecule has 1 saturated heterocycles. The van der Waals surface area contributed by atoms with Crippen LogP contribution in [0.3, 0.4) is 0 Å². The van der Waals surface area contributed by atoms with Crippen molar-refractivity contribution in [2.75, 3.05) is 26.5 Å². The van der Waals surface area contributed by atoms with E-state index >= 15 is 0 Å². The lowest BCUT2D eigenvalue weighted by Crippen LogP contribution is -2.43. The van der Waals surface area contributed by atoms with E-state index in [-0.39, 0.29) is 12.1 Å². The van der Waals surface area contributed by atoms with Gasteiger partial charge < -0.3 is 9.64 Å². The molecule has 1 aromatic rings. The summed E-state index contributed by atoms with van der Waals surface area (Å²) in [5.41, 5.74) is 0.630. The lowest BCUT2D eigenvalue weighted by Gasteiger charge is -2.24. The number of benzene rings is 1. The zero-order valence-corrected chi connectivity index (χ0v) is 14.0. The van der Waals surface area contributed by atoms with E-state index < -0.39 is 5.54 Å². The van der Waals surface area contributed by atoms with E-state index in [2.05, 4.69) is 35.8 Å². The van der Waals surface area contributed by atoms with Gasteiger partial charge in [0.25, 0.3) is 0 Å². The molecule has 2 rings (SSSR count). The molecule has 0 aromatic heterocycles. The maximum Gasteiger partial charge on any atom is 0.244 e. The molecule has 5 heteroatoms. The molecule has 1 N–H and O–H groups in total. The predicted molar refractivity (Wildman–Crippen MR) is 86.4 cm³/mol. The molecule has 1 aliphatic rings. The summed E-state index contributed by atoms with van der Waals surface area (Å²) in [4.78, 5) is 15.8. The van der Waals surface area contributed by atoms with Gasteiger partial charge in [-0.3, -0.25) is 10.1 Å². The van der Waals surface area contributed by atoms with Crippen molar-refractivity contribution in [3.63, 3.8) is 0 Å². The van der Waals surface area contributed by atoms with Gasteiger partial charge >= 0.3 is 0 Å². The second-order valence-corrected chi connectivity index (χ2v) is 6.38. The van der Waals surface area contributed by atoms with Crippen molar-refractivity contribution in [2.45, 2.75) is 36.9 Å². The van der Waals surface area contributed by atoms with Crippen LogP contribution in [0.1, 0.15) is 32.0 Å². The Labute approximate surface area is 131 Å². The average molecular weight is 308 g/mol. The first-order valence-electron chi connectivity index (χ1n) is 7.27. The normalized spacial score (nSPS) is 25.6. The Kier molecular flexibility index (Phi) is 5.30. The third kappa shape index (κ3) is 3.25. The van der Waals surface area contributed by atoms with Crippen LogP contribution in [0.4, 0.5) is 0 Å². The number of nitrogens with zero attached hydrogens (tertiary/aromatic N) is 1. The molecule has 0 aliphatic carbocycles. The minimum absolute atomic E-state index is 0.0755. The first-order chi connectivity index (χ1) is 10.1. The zero-order chi connectivity index (χ0) is 15.5. The van der Waals surface area contributed by atoms with Gasteiger partial charge in [-0.1, -0.05) is 19.1 Å². The highest BCUT2D eigenvalue weighted by atomic mass is 32.2. The van der Waals surface area contributed by atoms with Gasteiger partial charge in [0, 0.05) is 18.6 Å². The van der Waals surface area contributed by atoms with Crippen molar-refractivity contribution >= 4 is 17.7 Å². The van der Waals surface area contributed by atoms with Crippen LogP contribution >= 0.6 is 11.8 Å². The molecule has 1 aromatic carbocycles. The third-order valence-corrected chi connectivity index (χ3v) is 4.92. The largest absolute Gasteiger partial charge is 0.383 e. The maximum absolute atomic E-state index is 12.7. The minimum Gasteiger partial charge on any atom is -0.383 e. The van der Waals surface area contributed by atoms with E-state index in [0.717, 1.165) is 12.0 Å². The Morgan fingerprint density at radius 1 is 1.38 bits per heavy atom. The van der Waals surface area contributed by atoms with Crippen molar-refractivity contribution in [3.05, 3.63) is 29.8 Å². The van der Waals surface area contributed by atoms with Gasteiger partial charge in [-0.25, -0.2) is 0 Å². The van der Waals surface area contributed by atoms with Gasteiger partial charge in [0.2, 0.25) is 5.91 Å². The van der Waals surface area contributed by atoms with Crippen LogP contribution in [-0.2, 0) is 9.53 Å². The second kappa shape index (κ2) is 6.81. The monoisotopic (exact) mass is 308 g/mol. The third-order valence-electron chi connectivity index (χ3n) is 4.17. The van der Waals surface area contributed by atoms with Gasteiger partial charge in [0.15, 0.2) is 0 Å². The number of rotatable bonds is 6. The summed E-state index contributed by atoms with van der Waals surface area (Å²) in [6, 6.07) is 8.39. The van der Waals surface area contributed by atoms with E-state index in [1.165, 1.54) is 4.90 Å². The molecular weight excluding hydrogens is 284 g/mol. The van der Waals surface area contributed by atoms with Crippen molar-refractivity contribution in [2.24, 2.45) is 0 Å². The van der Waals surface area contributed by atoms with Gasteiger partial charge in [-0.2, -0.15) is 0 Å². The minimum atomic E-state index is -0.489. The van der Waals surface area contributed by atoms with E-state index in [4.69, 9.17) is 4.74 Å². The molecule has 0 bridgehead atoms. The number of carbonyl (C=O) groups is 1. The van der Waals surface area contributed by atoms with E-state index in [0.29, 0.717) is 13.2 Å². The predicted octanol–water partition coefficient (Wildman–Crippen LogP) is 2.65. The lowest BCUT2D eigenvalue weighted by molar-refractivity contribution is -0.133. The number of amides is 1. The molecule has 2 unspecified atom stereocenters. The maximum atomic E-state index is 12.7. The molecule has 1 amide bonds. The molecule has 0 radical (unpaired) electrons. The summed E-state index contributed by atoms with van der Waals surface area (Å²) < 4.78 is 5.15. The van der Waals surface area contributed by atoms with Crippen LogP contribution in [-0.4, -0.2) is 42.9 Å². The average Bonchev–Trinajstić information content (AvgIpc) is 2.78. The fourth-order valence-electron chi connectivity index (χ4n) is 2.60. The standard InChI is InChI=1S/C16H24N2O2S/c1-5-16(2)15(19)18(10-11-20-3)14(17-16)12-6-8-13(21-4)9-7-12/h6-9,14,17H,5,10-11H2,1-4H3. The van der Waals surface area contributed by atoms with Crippen molar-refractivity contribution in [1.82, 2.24) is 10.2 Å². The summed E-state index contributed by atoms with van der Waals surface area (Å²) in [5, 5.41) is 3.49. The summed E-state index contributed by atoms with van der Waals surface area (Å²) >= 11 is 1.72. The first-order valence-corrected chi connectivity index (χ1v) is 8.50. The highest BCUT2D eigenvalue weighted by Gasteiger charge is 2.46. The summed E-state index contributed by atoms with van der Waals surface area (Å²) in [6.07, 6.45) is 2.76. The van der Waals surface area contributed by atoms with E-state index in [1.54, 1.807) is 18.9 Å². The smallest absolute Gasteiger partial charge is 0.244 e. The van der Waals surface area contributed by atoms with E-state index in [1.807, 2.05) is 18.7 Å². The SMILES string of the molecule is CCC1(C)NC(c2ccc(SC)cc2)N(CCOC)C1=O. The van der Waals surface area contributed by atoms with Crippen molar-refractivity contribution in [1.29, 1.82) is 0 Å². The Morgan fingerprint density at radius 2 is 2.05 bits per heavy atom. The highest BCUT2D eigenvalue weighted by molar-refractivity contribution is 7.98. The van der Waals surface area contributed by atoms with Gasteiger partial charge in [-0.15, -0.1) is 11.8 Å². The molecule has 21 heavy (non-hydrogen) atoms. The first kappa shape index (κ1) is 16.3. The Morgan fingerprint density at radius 3 is 2.57 bits per heavy atom. The summed E-state index contributed by atoms with van der Waals surface area (Å²) in [6.45, 7) is 5.17. The number of thioether (sulfide) groups is 1. The molecule has 1 fully saturated rings. The second-order valence-electron chi connectivity index (χ2n) is 5.50. The molecule has 1 aliphatic heterocycles. The highest BCUT2D eigenvalue weighted by Crippen LogP contribution is 2.33. The van der Waals surface area contributed by atoms with E-state index in [9.17, 15) is 4.79 Å². The molecule has 1 heterocycles. The molecule has 2 atom stereocenters. The molecule has 0 spiro atoms. The number of hydrogen-bond donors (Lipinski definition) is 1. The fraction of sp³-hybridized carbons (Fsp3) is 0.562. The summed E-state index contributed by atoms with van der Waals surface area (Å²) in [7, 11) is 1.66. The molecule has 116 valence electrons. The van der Waals surface area contributed by atoms with Crippen LogP contribution in [0.25, 0.3) is 0 Å². The number of ether oxygens (including phenoxy) is 1. The van der Waals surface area contributed by atoms with Crippen LogP contribution in [0, 0.1) is 0 Å². The Balaban J connectivity index is 2.27. The van der Waals surface area contributed by atoms with Gasteiger partial charge in [0.1, 0.15) is 6.17 Å². The molecule has 0 saturated carbocycles. The lowest BCUT2D eigenvalue weighted by atomic mass is 9.99.